The Bertz CT molecular complexity index is 883. The highest BCUT2D eigenvalue weighted by Gasteiger charge is 2.29. The maximum Gasteiger partial charge on any atom is 0.303 e. The van der Waals surface area contributed by atoms with Gasteiger partial charge in [0.25, 0.3) is 0 Å². The van der Waals surface area contributed by atoms with Crippen molar-refractivity contribution in [3.63, 3.8) is 0 Å². The molecule has 0 bridgehead atoms. The molecule has 1 aromatic heterocycles. The molecule has 136 valence electrons. The number of carboxylic acids is 1. The van der Waals surface area contributed by atoms with Gasteiger partial charge in [0.2, 0.25) is 5.91 Å². The molecule has 0 aliphatic rings. The number of nitrogens with one attached hydrogen (secondary N) is 1. The number of nitrogens with zero attached hydrogens (tertiary/aromatic N) is 2. The first-order valence-electron chi connectivity index (χ1n) is 7.53. The van der Waals surface area contributed by atoms with Crippen LogP contribution < -0.4 is 5.32 Å². The highest BCUT2D eigenvalue weighted by atomic mass is 32.1. The van der Waals surface area contributed by atoms with Crippen molar-refractivity contribution in [3.8, 4) is 17.3 Å². The predicted octanol–water partition coefficient (Wildman–Crippen LogP) is 3.79. The summed E-state index contributed by atoms with van der Waals surface area (Å²) in [7, 11) is 0. The number of hydrogen-bond donors (Lipinski definition) is 2. The highest BCUT2D eigenvalue weighted by Crippen LogP contribution is 2.33. The number of amides is 1. The third-order valence-electron chi connectivity index (χ3n) is 3.66. The molecule has 2 aromatic rings. The van der Waals surface area contributed by atoms with Gasteiger partial charge in [0.05, 0.1) is 0 Å². The smallest absolute Gasteiger partial charge is 0.303 e. The van der Waals surface area contributed by atoms with E-state index in [-0.39, 0.29) is 34.1 Å². The second-order valence-corrected chi connectivity index (χ2v) is 7.20. The Morgan fingerprint density at radius 3 is 2.46 bits per heavy atom. The lowest BCUT2D eigenvalue weighted by molar-refractivity contribution is -0.138. The van der Waals surface area contributed by atoms with E-state index < -0.39 is 28.9 Å². The van der Waals surface area contributed by atoms with E-state index >= 15 is 0 Å². The van der Waals surface area contributed by atoms with Gasteiger partial charge in [-0.25, -0.2) is 13.8 Å². The van der Waals surface area contributed by atoms with E-state index in [4.69, 9.17) is 5.11 Å². The fourth-order valence-corrected chi connectivity index (χ4v) is 2.91. The van der Waals surface area contributed by atoms with Crippen molar-refractivity contribution >= 4 is 28.3 Å². The summed E-state index contributed by atoms with van der Waals surface area (Å²) in [5.74, 6) is -3.09. The van der Waals surface area contributed by atoms with Crippen molar-refractivity contribution in [1.82, 2.24) is 4.98 Å². The second kappa shape index (κ2) is 7.58. The van der Waals surface area contributed by atoms with E-state index in [1.807, 2.05) is 6.07 Å². The van der Waals surface area contributed by atoms with Gasteiger partial charge < -0.3 is 10.4 Å². The SMILES string of the molecule is CC(C)(CCC(=O)O)C(=O)Nc1nc(-c2cc(F)cc(F)c2)c(C#N)s1. The summed E-state index contributed by atoms with van der Waals surface area (Å²) in [6, 6.07) is 4.68. The Hall–Kier alpha value is -2.86. The Morgan fingerprint density at radius 2 is 1.92 bits per heavy atom. The van der Waals surface area contributed by atoms with Crippen molar-refractivity contribution in [2.24, 2.45) is 5.41 Å². The maximum absolute atomic E-state index is 13.4. The number of halogens is 2. The molecule has 0 unspecified atom stereocenters. The topological polar surface area (TPSA) is 103 Å². The first-order chi connectivity index (χ1) is 12.1. The summed E-state index contributed by atoms with van der Waals surface area (Å²) < 4.78 is 26.8. The monoisotopic (exact) mass is 379 g/mol. The van der Waals surface area contributed by atoms with Crippen LogP contribution in [0.2, 0.25) is 0 Å². The average molecular weight is 379 g/mol. The van der Waals surface area contributed by atoms with Gasteiger partial charge in [-0.1, -0.05) is 25.2 Å². The molecule has 0 aliphatic carbocycles. The van der Waals surface area contributed by atoms with Gasteiger partial charge in [-0.05, 0) is 18.6 Å². The summed E-state index contributed by atoms with van der Waals surface area (Å²) in [5, 5.41) is 20.6. The zero-order valence-electron chi connectivity index (χ0n) is 14.0. The number of carbonyl (C=O) groups excluding carboxylic acids is 1. The fraction of sp³-hybridized carbons (Fsp3) is 0.294. The second-order valence-electron chi connectivity index (χ2n) is 6.20. The van der Waals surface area contributed by atoms with Gasteiger partial charge in [-0.2, -0.15) is 5.26 Å². The Balaban J connectivity index is 2.27. The van der Waals surface area contributed by atoms with Gasteiger partial charge in [0.1, 0.15) is 28.3 Å². The zero-order chi connectivity index (χ0) is 19.5. The molecule has 0 saturated carbocycles. The molecule has 0 fully saturated rings. The number of hydrogen-bond acceptors (Lipinski definition) is 5. The largest absolute Gasteiger partial charge is 0.481 e. The molecule has 1 heterocycles. The third kappa shape index (κ3) is 4.61. The standard InChI is InChI=1S/C17H15F2N3O3S/c1-17(2,4-3-13(23)24)15(25)22-16-21-14(12(8-20)26-16)9-5-10(18)7-11(19)6-9/h5-7H,3-4H2,1-2H3,(H,23,24)(H,21,22,25). The van der Waals surface area contributed by atoms with E-state index in [1.165, 1.54) is 0 Å². The molecule has 0 spiro atoms. The zero-order valence-corrected chi connectivity index (χ0v) is 14.8. The molecule has 0 atom stereocenters. The van der Waals surface area contributed by atoms with Crippen molar-refractivity contribution in [1.29, 1.82) is 5.26 Å². The van der Waals surface area contributed by atoms with Crippen molar-refractivity contribution in [2.45, 2.75) is 26.7 Å². The molecule has 9 heteroatoms. The van der Waals surface area contributed by atoms with Gasteiger partial charge >= 0.3 is 5.97 Å². The van der Waals surface area contributed by atoms with Crippen LogP contribution in [0.25, 0.3) is 11.3 Å². The number of aromatic nitrogens is 1. The van der Waals surface area contributed by atoms with Gasteiger partial charge in [-0.15, -0.1) is 0 Å². The first-order valence-corrected chi connectivity index (χ1v) is 8.34. The quantitative estimate of drug-likeness (QED) is 0.795. The number of carbonyl (C=O) groups is 2. The molecular weight excluding hydrogens is 364 g/mol. The van der Waals surface area contributed by atoms with Crippen LogP contribution >= 0.6 is 11.3 Å². The molecule has 2 N–H and O–H groups in total. The molecule has 26 heavy (non-hydrogen) atoms. The summed E-state index contributed by atoms with van der Waals surface area (Å²) in [5.41, 5.74) is -0.822. The average Bonchev–Trinajstić information content (AvgIpc) is 2.95. The van der Waals surface area contributed by atoms with Crippen LogP contribution in [0.15, 0.2) is 18.2 Å². The van der Waals surface area contributed by atoms with Crippen LogP contribution in [0.3, 0.4) is 0 Å². The lowest BCUT2D eigenvalue weighted by atomic mass is 9.87. The van der Waals surface area contributed by atoms with Crippen LogP contribution in [0, 0.1) is 28.4 Å². The van der Waals surface area contributed by atoms with Gasteiger partial charge in [-0.3, -0.25) is 9.59 Å². The molecule has 6 nitrogen and oxygen atoms in total. The lowest BCUT2D eigenvalue weighted by Gasteiger charge is -2.21. The predicted molar refractivity (Wildman–Crippen MR) is 91.5 cm³/mol. The van der Waals surface area contributed by atoms with Crippen LogP contribution in [0.5, 0.6) is 0 Å². The lowest BCUT2D eigenvalue weighted by Crippen LogP contribution is -2.31. The van der Waals surface area contributed by atoms with Gasteiger partial charge in [0, 0.05) is 23.5 Å². The van der Waals surface area contributed by atoms with Crippen molar-refractivity contribution in [3.05, 3.63) is 34.7 Å². The van der Waals surface area contributed by atoms with E-state index in [0.29, 0.717) is 6.07 Å². The Labute approximate surface area is 152 Å². The minimum absolute atomic E-state index is 0.0644. The third-order valence-corrected chi connectivity index (χ3v) is 4.54. The number of carboxylic acid groups (broad SMARTS) is 1. The summed E-state index contributed by atoms with van der Waals surface area (Å²) in [6.45, 7) is 3.18. The van der Waals surface area contributed by atoms with Crippen molar-refractivity contribution < 1.29 is 23.5 Å². The molecule has 0 saturated heterocycles. The summed E-state index contributed by atoms with van der Waals surface area (Å²) in [4.78, 5) is 27.2. The number of anilines is 1. The normalized spacial score (nSPS) is 11.0. The van der Waals surface area contributed by atoms with E-state index in [2.05, 4.69) is 10.3 Å². The molecule has 1 aromatic carbocycles. The first kappa shape index (κ1) is 19.5. The minimum Gasteiger partial charge on any atom is -0.481 e. The molecule has 2 rings (SSSR count). The Kier molecular flexibility index (Phi) is 5.67. The van der Waals surface area contributed by atoms with Gasteiger partial charge in [0.15, 0.2) is 5.13 Å². The van der Waals surface area contributed by atoms with Crippen molar-refractivity contribution in [2.75, 3.05) is 5.32 Å². The highest BCUT2D eigenvalue weighted by molar-refractivity contribution is 7.16. The molecular formula is C17H15F2N3O3S. The molecule has 1 amide bonds. The van der Waals surface area contributed by atoms with E-state index in [0.717, 1.165) is 23.5 Å². The van der Waals surface area contributed by atoms with Crippen LogP contribution in [-0.2, 0) is 9.59 Å². The summed E-state index contributed by atoms with van der Waals surface area (Å²) >= 11 is 0.869. The minimum atomic E-state index is -1.01. The Morgan fingerprint density at radius 1 is 1.31 bits per heavy atom. The van der Waals surface area contributed by atoms with E-state index in [9.17, 15) is 23.6 Å². The number of nitriles is 1. The van der Waals surface area contributed by atoms with Crippen LogP contribution in [0.1, 0.15) is 31.6 Å². The van der Waals surface area contributed by atoms with Crippen LogP contribution in [-0.4, -0.2) is 22.0 Å². The number of thiazole rings is 1. The summed E-state index contributed by atoms with van der Waals surface area (Å²) in [6.07, 6.45) is -0.0534. The molecule has 0 aliphatic heterocycles. The number of aliphatic carboxylic acids is 1. The number of rotatable bonds is 6. The van der Waals surface area contributed by atoms with Crippen LogP contribution in [0.4, 0.5) is 13.9 Å². The number of benzene rings is 1. The maximum atomic E-state index is 13.4. The van der Waals surface area contributed by atoms with E-state index in [1.54, 1.807) is 13.8 Å². The molecule has 0 radical (unpaired) electrons. The fourth-order valence-electron chi connectivity index (χ4n) is 2.13.